The van der Waals surface area contributed by atoms with E-state index in [1.54, 1.807) is 13.3 Å². The molecule has 140 valence electrons. The third-order valence-corrected chi connectivity index (χ3v) is 4.71. The summed E-state index contributed by atoms with van der Waals surface area (Å²) < 4.78 is 11.2. The normalized spacial score (nSPS) is 17.4. The van der Waals surface area contributed by atoms with E-state index in [1.165, 1.54) is 0 Å². The van der Waals surface area contributed by atoms with Crippen molar-refractivity contribution in [3.63, 3.8) is 0 Å². The highest BCUT2D eigenvalue weighted by Gasteiger charge is 2.35. The first-order chi connectivity index (χ1) is 13.1. The predicted octanol–water partition coefficient (Wildman–Crippen LogP) is 3.75. The van der Waals surface area contributed by atoms with Crippen molar-refractivity contribution in [1.82, 2.24) is 4.90 Å². The topological polar surface area (TPSA) is 79.4 Å². The number of hydrogen-bond donors (Lipinski definition) is 1. The molecule has 2 aromatic rings. The smallest absolute Gasteiger partial charge is 0.260 e. The fraction of sp³-hybridized carbons (Fsp3) is 0.350. The molecule has 2 aliphatic rings. The Morgan fingerprint density at radius 3 is 2.81 bits per heavy atom. The Morgan fingerprint density at radius 1 is 1.33 bits per heavy atom. The molecule has 1 atom stereocenters. The average molecular weight is 366 g/mol. The van der Waals surface area contributed by atoms with Gasteiger partial charge in [-0.05, 0) is 44.5 Å². The Labute approximate surface area is 157 Å². The summed E-state index contributed by atoms with van der Waals surface area (Å²) in [6, 6.07) is 7.49. The van der Waals surface area contributed by atoms with Crippen LogP contribution in [0, 0.1) is 6.92 Å². The molecule has 0 saturated heterocycles. The van der Waals surface area contributed by atoms with E-state index in [0.29, 0.717) is 35.1 Å². The monoisotopic (exact) mass is 366 g/mol. The van der Waals surface area contributed by atoms with Crippen LogP contribution in [0.3, 0.4) is 0 Å². The second-order valence-electron chi connectivity index (χ2n) is 6.54. The number of benzene rings is 1. The largest absolute Gasteiger partial charge is 0.494 e. The van der Waals surface area contributed by atoms with Crippen LogP contribution in [0.5, 0.6) is 5.75 Å². The van der Waals surface area contributed by atoms with E-state index in [0.717, 1.165) is 24.6 Å². The molecule has 7 heteroatoms. The number of aryl methyl sites for hydroxylation is 1. The third-order valence-electron chi connectivity index (χ3n) is 4.71. The number of carbonyl (C=O) groups is 1. The summed E-state index contributed by atoms with van der Waals surface area (Å²) in [7, 11) is 0. The van der Waals surface area contributed by atoms with Gasteiger partial charge in [-0.25, -0.2) is 4.99 Å². The first-order valence-electron chi connectivity index (χ1n) is 9.17. The van der Waals surface area contributed by atoms with Gasteiger partial charge in [0, 0.05) is 12.2 Å². The van der Waals surface area contributed by atoms with E-state index in [2.05, 4.69) is 17.2 Å². The van der Waals surface area contributed by atoms with Crippen LogP contribution in [0.25, 0.3) is 0 Å². The predicted molar refractivity (Wildman–Crippen MR) is 104 cm³/mol. The quantitative estimate of drug-likeness (QED) is 0.874. The molecule has 1 N–H and O–H groups in total. The molecule has 2 aliphatic heterocycles. The lowest BCUT2D eigenvalue weighted by atomic mass is 10.1. The number of nitrogens with one attached hydrogen (secondary N) is 1. The minimum absolute atomic E-state index is 0.203. The fourth-order valence-electron chi connectivity index (χ4n) is 3.35. The van der Waals surface area contributed by atoms with Crippen molar-refractivity contribution in [1.29, 1.82) is 0 Å². The number of hydrogen-bond acceptors (Lipinski definition) is 6. The summed E-state index contributed by atoms with van der Waals surface area (Å²) in [6.07, 6.45) is 2.67. The van der Waals surface area contributed by atoms with Crippen molar-refractivity contribution in [3.8, 4) is 5.75 Å². The van der Waals surface area contributed by atoms with E-state index < -0.39 is 0 Å². The maximum Gasteiger partial charge on any atom is 0.260 e. The fourth-order valence-corrected chi connectivity index (χ4v) is 3.35. The SMILES string of the molecule is CCOc1ccc(NC(=O)c2c(C)oc3c2C2=N[C@@H](CC)CN2C=N3)cc1. The summed E-state index contributed by atoms with van der Waals surface area (Å²) in [5.41, 5.74) is 1.85. The first-order valence-corrected chi connectivity index (χ1v) is 9.17. The third kappa shape index (κ3) is 3.09. The Bertz CT molecular complexity index is 927. The number of fused-ring (bicyclic) bond motifs is 3. The summed E-state index contributed by atoms with van der Waals surface area (Å²) in [5.74, 6) is 2.27. The van der Waals surface area contributed by atoms with Gasteiger partial charge in [0.15, 0.2) is 0 Å². The minimum Gasteiger partial charge on any atom is -0.494 e. The van der Waals surface area contributed by atoms with Crippen molar-refractivity contribution < 1.29 is 13.9 Å². The van der Waals surface area contributed by atoms with Gasteiger partial charge in [-0.15, -0.1) is 0 Å². The number of ether oxygens (including phenoxy) is 1. The summed E-state index contributed by atoms with van der Waals surface area (Å²) >= 11 is 0. The maximum absolute atomic E-state index is 13.0. The molecule has 27 heavy (non-hydrogen) atoms. The lowest BCUT2D eigenvalue weighted by Gasteiger charge is -2.18. The Kier molecular flexibility index (Phi) is 4.43. The Morgan fingerprint density at radius 2 is 2.11 bits per heavy atom. The van der Waals surface area contributed by atoms with E-state index >= 15 is 0 Å². The Balaban J connectivity index is 1.64. The molecule has 4 rings (SSSR count). The van der Waals surface area contributed by atoms with Crippen LogP contribution >= 0.6 is 0 Å². The van der Waals surface area contributed by atoms with Crippen LogP contribution in [0.15, 0.2) is 38.7 Å². The number of aliphatic imine (C=N–C) groups is 2. The van der Waals surface area contributed by atoms with E-state index in [-0.39, 0.29) is 11.9 Å². The van der Waals surface area contributed by atoms with Crippen LogP contribution in [0.2, 0.25) is 0 Å². The second-order valence-corrected chi connectivity index (χ2v) is 6.54. The lowest BCUT2D eigenvalue weighted by molar-refractivity contribution is 0.102. The first kappa shape index (κ1) is 17.3. The van der Waals surface area contributed by atoms with Gasteiger partial charge >= 0.3 is 0 Å². The van der Waals surface area contributed by atoms with Crippen molar-refractivity contribution >= 4 is 29.7 Å². The molecule has 0 aliphatic carbocycles. The van der Waals surface area contributed by atoms with Crippen molar-refractivity contribution in [2.45, 2.75) is 33.2 Å². The van der Waals surface area contributed by atoms with Crippen molar-refractivity contribution in [2.24, 2.45) is 9.98 Å². The molecule has 7 nitrogen and oxygen atoms in total. The van der Waals surface area contributed by atoms with Gasteiger partial charge in [0.2, 0.25) is 5.88 Å². The Hall–Kier alpha value is -3.09. The number of nitrogens with zero attached hydrogens (tertiary/aromatic N) is 3. The van der Waals surface area contributed by atoms with Crippen LogP contribution in [0.1, 0.15) is 41.9 Å². The van der Waals surface area contributed by atoms with Gasteiger partial charge in [0.05, 0.1) is 23.8 Å². The minimum atomic E-state index is -0.235. The standard InChI is InChI=1S/C20H22N4O3/c1-4-13-10-24-11-21-20-17(18(24)22-13)16(12(3)27-20)19(25)23-14-6-8-15(9-7-14)26-5-2/h6-9,11,13H,4-5,10H2,1-3H3,(H,23,25)/t13-/m0/s1. The van der Waals surface area contributed by atoms with Crippen LogP contribution < -0.4 is 10.1 Å². The molecule has 1 aromatic heterocycles. The van der Waals surface area contributed by atoms with Crippen molar-refractivity contribution in [2.75, 3.05) is 18.5 Å². The number of furan rings is 1. The number of carbonyl (C=O) groups excluding carboxylic acids is 1. The zero-order valence-corrected chi connectivity index (χ0v) is 15.7. The van der Waals surface area contributed by atoms with Gasteiger partial charge in [-0.2, -0.15) is 0 Å². The summed E-state index contributed by atoms with van der Waals surface area (Å²) in [6.45, 7) is 7.19. The second kappa shape index (κ2) is 6.90. The number of anilines is 1. The highest BCUT2D eigenvalue weighted by Crippen LogP contribution is 2.35. The highest BCUT2D eigenvalue weighted by molar-refractivity contribution is 6.19. The summed E-state index contributed by atoms with van der Waals surface area (Å²) in [4.78, 5) is 24.1. The van der Waals surface area contributed by atoms with Gasteiger partial charge in [0.1, 0.15) is 23.7 Å². The molecule has 1 aromatic carbocycles. The molecule has 0 spiro atoms. The maximum atomic E-state index is 13.0. The zero-order valence-electron chi connectivity index (χ0n) is 15.7. The molecular weight excluding hydrogens is 344 g/mol. The highest BCUT2D eigenvalue weighted by atomic mass is 16.5. The molecular formula is C20H22N4O3. The van der Waals surface area contributed by atoms with E-state index in [4.69, 9.17) is 14.1 Å². The lowest BCUT2D eigenvalue weighted by Crippen LogP contribution is -2.31. The molecule has 0 fully saturated rings. The van der Waals surface area contributed by atoms with E-state index in [1.807, 2.05) is 36.1 Å². The molecule has 1 amide bonds. The number of amides is 1. The zero-order chi connectivity index (χ0) is 19.0. The van der Waals surface area contributed by atoms with E-state index in [9.17, 15) is 4.79 Å². The molecule has 0 radical (unpaired) electrons. The molecule has 0 unspecified atom stereocenters. The molecule has 0 saturated carbocycles. The van der Waals surface area contributed by atoms with Crippen molar-refractivity contribution in [3.05, 3.63) is 41.2 Å². The van der Waals surface area contributed by atoms with Crippen LogP contribution in [-0.4, -0.2) is 42.2 Å². The summed E-state index contributed by atoms with van der Waals surface area (Å²) in [5, 5.41) is 2.93. The average Bonchev–Trinajstić information content (AvgIpc) is 3.23. The van der Waals surface area contributed by atoms with Gasteiger partial charge in [0.25, 0.3) is 5.91 Å². The van der Waals surface area contributed by atoms with Gasteiger partial charge < -0.3 is 19.4 Å². The van der Waals surface area contributed by atoms with Crippen LogP contribution in [-0.2, 0) is 0 Å². The number of rotatable bonds is 5. The molecule has 0 bridgehead atoms. The number of amidine groups is 1. The van der Waals surface area contributed by atoms with Gasteiger partial charge in [-0.1, -0.05) is 6.92 Å². The van der Waals surface area contributed by atoms with Crippen LogP contribution in [0.4, 0.5) is 11.6 Å². The molecule has 3 heterocycles. The van der Waals surface area contributed by atoms with Gasteiger partial charge in [-0.3, -0.25) is 9.79 Å².